The molecule has 0 atom stereocenters. The molecule has 0 spiro atoms. The van der Waals surface area contributed by atoms with Gasteiger partial charge in [0.2, 0.25) is 5.78 Å². The second-order valence-electron chi connectivity index (χ2n) is 4.09. The number of Topliss-reactive ketones (excluding diaryl/α,β-unsaturated/α-hetero) is 1. The van der Waals surface area contributed by atoms with Crippen LogP contribution in [-0.4, -0.2) is 18.2 Å². The lowest BCUT2D eigenvalue weighted by Crippen LogP contribution is -2.19. The van der Waals surface area contributed by atoms with Gasteiger partial charge in [0.15, 0.2) is 11.5 Å². The smallest absolute Gasteiger partial charge is 0.228 e. The first-order valence-corrected chi connectivity index (χ1v) is 6.24. The van der Waals surface area contributed by atoms with Crippen molar-refractivity contribution >= 4 is 23.2 Å². The van der Waals surface area contributed by atoms with Crippen molar-refractivity contribution in [2.24, 2.45) is 0 Å². The summed E-state index contributed by atoms with van der Waals surface area (Å²) in [5, 5.41) is 0.435. The Morgan fingerprint density at radius 3 is 2.72 bits per heavy atom. The highest BCUT2D eigenvalue weighted by Gasteiger charge is 2.26. The number of unbranched alkanes of at least 4 members (excludes halogenated alkanes) is 1. The zero-order valence-corrected chi connectivity index (χ0v) is 10.8. The molecule has 0 radical (unpaired) electrons. The van der Waals surface area contributed by atoms with Crippen LogP contribution in [0.1, 0.15) is 40.5 Å². The second kappa shape index (κ2) is 5.36. The minimum Gasteiger partial charge on any atom is -0.489 e. The predicted molar refractivity (Wildman–Crippen MR) is 69.1 cm³/mol. The Labute approximate surface area is 110 Å². The predicted octanol–water partition coefficient (Wildman–Crippen LogP) is 3.42. The summed E-state index contributed by atoms with van der Waals surface area (Å²) in [6, 6.07) is 4.67. The lowest BCUT2D eigenvalue weighted by molar-refractivity contribution is 0.0880. The zero-order chi connectivity index (χ0) is 13.1. The summed E-state index contributed by atoms with van der Waals surface area (Å²) in [5.74, 6) is -0.376. The number of halogens is 1. The van der Waals surface area contributed by atoms with Gasteiger partial charge in [0.1, 0.15) is 0 Å². The maximum atomic E-state index is 12.1. The Bertz CT molecular complexity index is 532. The van der Waals surface area contributed by atoms with E-state index in [2.05, 4.69) is 0 Å². The van der Waals surface area contributed by atoms with Crippen molar-refractivity contribution in [2.45, 2.75) is 19.8 Å². The summed E-state index contributed by atoms with van der Waals surface area (Å²) in [6.07, 6.45) is 3.08. The molecule has 4 heteroatoms. The molecule has 1 aliphatic rings. The van der Waals surface area contributed by atoms with Crippen molar-refractivity contribution in [1.82, 2.24) is 0 Å². The number of hydrogen-bond acceptors (Lipinski definition) is 3. The minimum atomic E-state index is -0.275. The average Bonchev–Trinajstić information content (AvgIpc) is 2.35. The van der Waals surface area contributed by atoms with Crippen molar-refractivity contribution in [3.8, 4) is 0 Å². The quantitative estimate of drug-likeness (QED) is 0.783. The number of hydrogen-bond donors (Lipinski definition) is 0. The second-order valence-corrected chi connectivity index (χ2v) is 4.53. The van der Waals surface area contributed by atoms with E-state index in [9.17, 15) is 9.59 Å². The van der Waals surface area contributed by atoms with E-state index in [4.69, 9.17) is 16.3 Å². The topological polar surface area (TPSA) is 43.4 Å². The first-order chi connectivity index (χ1) is 8.63. The molecule has 0 amide bonds. The normalized spacial score (nSPS) is 14.2. The van der Waals surface area contributed by atoms with Gasteiger partial charge in [-0.05, 0) is 24.6 Å². The fourth-order valence-electron chi connectivity index (χ4n) is 1.75. The number of ether oxygens (including phenoxy) is 1. The zero-order valence-electron chi connectivity index (χ0n) is 10.0. The first-order valence-electron chi connectivity index (χ1n) is 5.86. The molecule has 0 saturated heterocycles. The molecule has 1 aliphatic carbocycles. The third-order valence-electron chi connectivity index (χ3n) is 2.73. The third-order valence-corrected chi connectivity index (χ3v) is 2.97. The molecular weight excluding hydrogens is 252 g/mol. The van der Waals surface area contributed by atoms with E-state index in [1.165, 1.54) is 12.1 Å². The van der Waals surface area contributed by atoms with Crippen molar-refractivity contribution < 1.29 is 14.3 Å². The monoisotopic (exact) mass is 264 g/mol. The van der Waals surface area contributed by atoms with Gasteiger partial charge in [-0.1, -0.05) is 24.9 Å². The van der Waals surface area contributed by atoms with E-state index in [0.29, 0.717) is 22.8 Å². The Balaban J connectivity index is 2.28. The Kier molecular flexibility index (Phi) is 3.82. The van der Waals surface area contributed by atoms with Crippen molar-refractivity contribution in [1.29, 1.82) is 0 Å². The van der Waals surface area contributed by atoms with E-state index in [1.54, 1.807) is 12.1 Å². The molecule has 3 nitrogen and oxygen atoms in total. The summed E-state index contributed by atoms with van der Waals surface area (Å²) in [6.45, 7) is 2.47. The number of benzene rings is 1. The van der Waals surface area contributed by atoms with E-state index < -0.39 is 0 Å². The lowest BCUT2D eigenvalue weighted by atomic mass is 9.94. The highest BCUT2D eigenvalue weighted by atomic mass is 35.5. The van der Waals surface area contributed by atoms with Crippen molar-refractivity contribution in [3.63, 3.8) is 0 Å². The largest absolute Gasteiger partial charge is 0.489 e. The van der Waals surface area contributed by atoms with Gasteiger partial charge in [-0.3, -0.25) is 9.59 Å². The minimum absolute atomic E-state index is 0.114. The molecule has 1 aromatic carbocycles. The fraction of sp³-hybridized carbons (Fsp3) is 0.286. The van der Waals surface area contributed by atoms with Crippen LogP contribution in [-0.2, 0) is 4.74 Å². The maximum Gasteiger partial charge on any atom is 0.228 e. The molecule has 0 fully saturated rings. The van der Waals surface area contributed by atoms with Crippen molar-refractivity contribution in [2.75, 3.05) is 6.61 Å². The van der Waals surface area contributed by atoms with Crippen LogP contribution in [0.2, 0.25) is 5.02 Å². The van der Waals surface area contributed by atoms with Crippen LogP contribution in [0.15, 0.2) is 30.0 Å². The molecule has 0 saturated carbocycles. The van der Waals surface area contributed by atoms with Crippen LogP contribution >= 0.6 is 11.6 Å². The lowest BCUT2D eigenvalue weighted by Gasteiger charge is -2.15. The number of fused-ring (bicyclic) bond motifs is 1. The molecule has 0 bridgehead atoms. The number of allylic oxidation sites excluding steroid dienone is 2. The van der Waals surface area contributed by atoms with Crippen LogP contribution in [0.5, 0.6) is 0 Å². The van der Waals surface area contributed by atoms with Gasteiger partial charge in [-0.25, -0.2) is 0 Å². The molecule has 0 N–H and O–H groups in total. The van der Waals surface area contributed by atoms with Gasteiger partial charge in [-0.2, -0.15) is 0 Å². The molecule has 0 heterocycles. The highest BCUT2D eigenvalue weighted by molar-refractivity contribution is 6.32. The summed E-state index contributed by atoms with van der Waals surface area (Å²) < 4.78 is 5.35. The summed E-state index contributed by atoms with van der Waals surface area (Å²) in [7, 11) is 0. The number of carbonyl (C=O) groups is 2. The fourth-order valence-corrected chi connectivity index (χ4v) is 1.92. The average molecular weight is 265 g/mol. The van der Waals surface area contributed by atoms with E-state index in [0.717, 1.165) is 12.8 Å². The molecule has 0 unspecified atom stereocenters. The highest BCUT2D eigenvalue weighted by Crippen LogP contribution is 2.25. The van der Waals surface area contributed by atoms with Crippen LogP contribution in [0.3, 0.4) is 0 Å². The Morgan fingerprint density at radius 2 is 2.00 bits per heavy atom. The van der Waals surface area contributed by atoms with Gasteiger partial charge in [0, 0.05) is 22.2 Å². The van der Waals surface area contributed by atoms with Crippen LogP contribution in [0.4, 0.5) is 0 Å². The summed E-state index contributed by atoms with van der Waals surface area (Å²) in [5.41, 5.74) is 0.703. The van der Waals surface area contributed by atoms with E-state index in [1.807, 2.05) is 6.92 Å². The van der Waals surface area contributed by atoms with E-state index >= 15 is 0 Å². The SMILES string of the molecule is CCCCOC1=CC(=O)c2ccc(Cl)cc2C1=O. The van der Waals surface area contributed by atoms with Gasteiger partial charge in [-0.15, -0.1) is 0 Å². The molecule has 2 rings (SSSR count). The van der Waals surface area contributed by atoms with Crippen LogP contribution in [0.25, 0.3) is 0 Å². The Morgan fingerprint density at radius 1 is 1.22 bits per heavy atom. The first kappa shape index (κ1) is 12.8. The van der Waals surface area contributed by atoms with E-state index in [-0.39, 0.29) is 17.3 Å². The van der Waals surface area contributed by atoms with Gasteiger partial charge in [0.05, 0.1) is 6.61 Å². The number of carbonyl (C=O) groups excluding carboxylic acids is 2. The van der Waals surface area contributed by atoms with Crippen molar-refractivity contribution in [3.05, 3.63) is 46.2 Å². The van der Waals surface area contributed by atoms with Crippen LogP contribution < -0.4 is 0 Å². The number of rotatable bonds is 4. The molecule has 0 aliphatic heterocycles. The summed E-state index contributed by atoms with van der Waals surface area (Å²) >= 11 is 5.84. The molecule has 1 aromatic rings. The maximum absolute atomic E-state index is 12.1. The Hall–Kier alpha value is -1.61. The third kappa shape index (κ3) is 2.46. The van der Waals surface area contributed by atoms with Gasteiger partial charge >= 0.3 is 0 Å². The molecular formula is C14H13ClO3. The summed E-state index contributed by atoms with van der Waals surface area (Å²) in [4.78, 5) is 23.9. The molecule has 0 aromatic heterocycles. The number of ketones is 2. The van der Waals surface area contributed by atoms with Gasteiger partial charge in [0.25, 0.3) is 0 Å². The molecule has 18 heavy (non-hydrogen) atoms. The van der Waals surface area contributed by atoms with Gasteiger partial charge < -0.3 is 4.74 Å². The standard InChI is InChI=1S/C14H13ClO3/c1-2-3-6-18-13-8-12(16)10-5-4-9(15)7-11(10)14(13)17/h4-5,7-8H,2-3,6H2,1H3. The van der Waals surface area contributed by atoms with Crippen LogP contribution in [0, 0.1) is 0 Å². The molecule has 94 valence electrons.